The highest BCUT2D eigenvalue weighted by Gasteiger charge is 2.05. The molecule has 0 aliphatic rings. The largest absolute Gasteiger partial charge is 0.489 e. The molecular weight excluding hydrogens is 378 g/mol. The SMILES string of the molecule is CN(C)CCNCc1cc(Br)ccc1OCc1cccnc1.Cl. The summed E-state index contributed by atoms with van der Waals surface area (Å²) in [5, 5.41) is 3.44. The van der Waals surface area contributed by atoms with Crippen LogP contribution in [0.1, 0.15) is 11.1 Å². The molecule has 0 amide bonds. The first-order valence-electron chi connectivity index (χ1n) is 7.31. The monoisotopic (exact) mass is 399 g/mol. The smallest absolute Gasteiger partial charge is 0.124 e. The number of hydrogen-bond acceptors (Lipinski definition) is 4. The molecule has 0 unspecified atom stereocenters. The van der Waals surface area contributed by atoms with E-state index in [0.29, 0.717) is 6.61 Å². The summed E-state index contributed by atoms with van der Waals surface area (Å²) < 4.78 is 7.01. The van der Waals surface area contributed by atoms with Gasteiger partial charge in [0.2, 0.25) is 0 Å². The van der Waals surface area contributed by atoms with Gasteiger partial charge in [0, 0.05) is 47.6 Å². The van der Waals surface area contributed by atoms with Gasteiger partial charge < -0.3 is 15.0 Å². The molecule has 0 radical (unpaired) electrons. The first-order chi connectivity index (χ1) is 10.6. The lowest BCUT2D eigenvalue weighted by Gasteiger charge is -2.14. The van der Waals surface area contributed by atoms with E-state index < -0.39 is 0 Å². The second-order valence-electron chi connectivity index (χ2n) is 5.38. The number of likely N-dealkylation sites (N-methyl/N-ethyl adjacent to an activating group) is 1. The molecule has 1 heterocycles. The molecule has 0 fully saturated rings. The van der Waals surface area contributed by atoms with Gasteiger partial charge in [-0.15, -0.1) is 12.4 Å². The number of nitrogens with zero attached hydrogens (tertiary/aromatic N) is 2. The van der Waals surface area contributed by atoms with Crippen LogP contribution in [0.25, 0.3) is 0 Å². The summed E-state index contributed by atoms with van der Waals surface area (Å²) in [7, 11) is 4.15. The van der Waals surface area contributed by atoms with Crippen molar-refractivity contribution in [2.75, 3.05) is 27.2 Å². The molecule has 0 spiro atoms. The summed E-state index contributed by atoms with van der Waals surface area (Å²) >= 11 is 3.52. The summed E-state index contributed by atoms with van der Waals surface area (Å²) in [6.45, 7) is 3.28. The Morgan fingerprint density at radius 3 is 2.78 bits per heavy atom. The molecule has 0 aliphatic heterocycles. The van der Waals surface area contributed by atoms with E-state index in [2.05, 4.69) is 51.3 Å². The highest BCUT2D eigenvalue weighted by atomic mass is 79.9. The molecule has 126 valence electrons. The summed E-state index contributed by atoms with van der Waals surface area (Å²) in [5.74, 6) is 0.907. The predicted molar refractivity (Wildman–Crippen MR) is 100 cm³/mol. The summed E-state index contributed by atoms with van der Waals surface area (Å²) in [6.07, 6.45) is 3.59. The second kappa shape index (κ2) is 10.6. The highest BCUT2D eigenvalue weighted by Crippen LogP contribution is 2.24. The van der Waals surface area contributed by atoms with Crippen LogP contribution >= 0.6 is 28.3 Å². The van der Waals surface area contributed by atoms with Crippen LogP contribution in [0, 0.1) is 0 Å². The van der Waals surface area contributed by atoms with Crippen LogP contribution in [-0.2, 0) is 13.2 Å². The van der Waals surface area contributed by atoms with Gasteiger partial charge in [-0.1, -0.05) is 22.0 Å². The van der Waals surface area contributed by atoms with Gasteiger partial charge in [-0.05, 0) is 38.4 Å². The Morgan fingerprint density at radius 1 is 1.26 bits per heavy atom. The van der Waals surface area contributed by atoms with Crippen molar-refractivity contribution >= 4 is 28.3 Å². The molecule has 0 saturated carbocycles. The number of ether oxygens (including phenoxy) is 1. The van der Waals surface area contributed by atoms with Crippen molar-refractivity contribution < 1.29 is 4.74 Å². The molecule has 2 rings (SSSR count). The highest BCUT2D eigenvalue weighted by molar-refractivity contribution is 9.10. The molecule has 1 aromatic heterocycles. The van der Waals surface area contributed by atoms with E-state index in [1.54, 1.807) is 6.20 Å². The fourth-order valence-corrected chi connectivity index (χ4v) is 2.41. The maximum absolute atomic E-state index is 5.95. The van der Waals surface area contributed by atoms with Gasteiger partial charge in [-0.25, -0.2) is 0 Å². The van der Waals surface area contributed by atoms with Crippen molar-refractivity contribution in [3.05, 3.63) is 58.3 Å². The average molecular weight is 401 g/mol. The van der Waals surface area contributed by atoms with Gasteiger partial charge in [-0.3, -0.25) is 4.98 Å². The number of benzene rings is 1. The van der Waals surface area contributed by atoms with Crippen molar-refractivity contribution in [1.29, 1.82) is 0 Å². The summed E-state index contributed by atoms with van der Waals surface area (Å²) in [6, 6.07) is 10.0. The quantitative estimate of drug-likeness (QED) is 0.688. The zero-order valence-electron chi connectivity index (χ0n) is 13.5. The van der Waals surface area contributed by atoms with Crippen LogP contribution < -0.4 is 10.1 Å². The molecule has 0 bridgehead atoms. The maximum atomic E-state index is 5.95. The Balaban J connectivity index is 0.00000264. The second-order valence-corrected chi connectivity index (χ2v) is 6.30. The Morgan fingerprint density at radius 2 is 2.09 bits per heavy atom. The van der Waals surface area contributed by atoms with E-state index in [0.717, 1.165) is 41.0 Å². The van der Waals surface area contributed by atoms with Gasteiger partial charge in [0.05, 0.1) is 0 Å². The fourth-order valence-electron chi connectivity index (χ4n) is 2.00. The van der Waals surface area contributed by atoms with E-state index in [4.69, 9.17) is 4.74 Å². The lowest BCUT2D eigenvalue weighted by atomic mass is 10.2. The lowest BCUT2D eigenvalue weighted by molar-refractivity contribution is 0.301. The fraction of sp³-hybridized carbons (Fsp3) is 0.353. The van der Waals surface area contributed by atoms with Crippen LogP contribution in [-0.4, -0.2) is 37.1 Å². The van der Waals surface area contributed by atoms with Crippen molar-refractivity contribution in [2.45, 2.75) is 13.2 Å². The Hall–Kier alpha value is -1.14. The molecule has 0 saturated heterocycles. The molecule has 1 aromatic carbocycles. The maximum Gasteiger partial charge on any atom is 0.124 e. The third-order valence-corrected chi connectivity index (χ3v) is 3.68. The van der Waals surface area contributed by atoms with E-state index in [9.17, 15) is 0 Å². The molecule has 4 nitrogen and oxygen atoms in total. The number of aromatic nitrogens is 1. The first-order valence-corrected chi connectivity index (χ1v) is 8.10. The normalized spacial score (nSPS) is 10.4. The molecule has 2 aromatic rings. The van der Waals surface area contributed by atoms with Gasteiger partial charge >= 0.3 is 0 Å². The molecular formula is C17H23BrClN3O. The molecule has 0 atom stereocenters. The molecule has 0 aliphatic carbocycles. The lowest BCUT2D eigenvalue weighted by Crippen LogP contribution is -2.26. The minimum Gasteiger partial charge on any atom is -0.489 e. The molecule has 23 heavy (non-hydrogen) atoms. The van der Waals surface area contributed by atoms with Crippen molar-refractivity contribution in [1.82, 2.24) is 15.2 Å². The number of rotatable bonds is 8. The molecule has 6 heteroatoms. The number of nitrogens with one attached hydrogen (secondary N) is 1. The van der Waals surface area contributed by atoms with Gasteiger partial charge in [-0.2, -0.15) is 0 Å². The van der Waals surface area contributed by atoms with Gasteiger partial charge in [0.25, 0.3) is 0 Å². The Kier molecular flexibility index (Phi) is 9.17. The number of pyridine rings is 1. The van der Waals surface area contributed by atoms with Crippen molar-refractivity contribution in [3.8, 4) is 5.75 Å². The van der Waals surface area contributed by atoms with Crippen LogP contribution in [0.3, 0.4) is 0 Å². The zero-order chi connectivity index (χ0) is 15.8. The predicted octanol–water partition coefficient (Wildman–Crippen LogP) is 3.50. The van der Waals surface area contributed by atoms with E-state index in [-0.39, 0.29) is 12.4 Å². The first kappa shape index (κ1) is 19.9. The van der Waals surface area contributed by atoms with Gasteiger partial charge in [0.15, 0.2) is 0 Å². The van der Waals surface area contributed by atoms with Crippen LogP contribution in [0.5, 0.6) is 5.75 Å². The number of hydrogen-bond donors (Lipinski definition) is 1. The number of halogens is 2. The topological polar surface area (TPSA) is 37.4 Å². The zero-order valence-corrected chi connectivity index (χ0v) is 15.9. The standard InChI is InChI=1S/C17H22BrN3O.ClH/c1-21(2)9-8-20-12-15-10-16(18)5-6-17(15)22-13-14-4-3-7-19-11-14;/h3-7,10-11,20H,8-9,12-13H2,1-2H3;1H. The van der Waals surface area contributed by atoms with Crippen LogP contribution in [0.4, 0.5) is 0 Å². The van der Waals surface area contributed by atoms with Crippen molar-refractivity contribution in [2.24, 2.45) is 0 Å². The van der Waals surface area contributed by atoms with E-state index >= 15 is 0 Å². The summed E-state index contributed by atoms with van der Waals surface area (Å²) in [5.41, 5.74) is 2.22. The summed E-state index contributed by atoms with van der Waals surface area (Å²) in [4.78, 5) is 6.27. The average Bonchev–Trinajstić information content (AvgIpc) is 2.51. The Bertz CT molecular complexity index is 581. The van der Waals surface area contributed by atoms with E-state index in [1.807, 2.05) is 30.5 Å². The third-order valence-electron chi connectivity index (χ3n) is 3.19. The van der Waals surface area contributed by atoms with Crippen molar-refractivity contribution in [3.63, 3.8) is 0 Å². The third kappa shape index (κ3) is 7.31. The molecule has 1 N–H and O–H groups in total. The van der Waals surface area contributed by atoms with Gasteiger partial charge in [0.1, 0.15) is 12.4 Å². The van der Waals surface area contributed by atoms with Crippen LogP contribution in [0.2, 0.25) is 0 Å². The minimum atomic E-state index is 0. The van der Waals surface area contributed by atoms with E-state index in [1.165, 1.54) is 0 Å². The van der Waals surface area contributed by atoms with Crippen LogP contribution in [0.15, 0.2) is 47.2 Å². The minimum absolute atomic E-state index is 0. The Labute approximate surface area is 152 Å².